The lowest BCUT2D eigenvalue weighted by atomic mass is 10.1. The lowest BCUT2D eigenvalue weighted by Crippen LogP contribution is -2.50. The fraction of sp³-hybridized carbons (Fsp3) is 0.417. The van der Waals surface area contributed by atoms with Crippen molar-refractivity contribution in [1.29, 1.82) is 0 Å². The van der Waals surface area contributed by atoms with E-state index in [0.29, 0.717) is 31.6 Å². The Morgan fingerprint density at radius 2 is 1.70 bits per heavy atom. The Morgan fingerprint density at radius 1 is 0.967 bits per heavy atom. The minimum atomic E-state index is -0.527. The first-order chi connectivity index (χ1) is 14.4. The summed E-state index contributed by atoms with van der Waals surface area (Å²) in [6.45, 7) is 6.35. The molecule has 6 nitrogen and oxygen atoms in total. The molecule has 0 spiro atoms. The van der Waals surface area contributed by atoms with E-state index >= 15 is 0 Å². The molecule has 2 aromatic carbocycles. The van der Waals surface area contributed by atoms with E-state index < -0.39 is 6.04 Å². The fourth-order valence-electron chi connectivity index (χ4n) is 3.47. The minimum absolute atomic E-state index is 0.0275. The van der Waals surface area contributed by atoms with Crippen molar-refractivity contribution in [1.82, 2.24) is 10.2 Å². The normalized spacial score (nSPS) is 13.2. The molecule has 6 heteroatoms. The number of rotatable bonds is 9. The van der Waals surface area contributed by atoms with Crippen molar-refractivity contribution in [2.45, 2.75) is 52.1 Å². The Kier molecular flexibility index (Phi) is 7.33. The number of nitrogens with zero attached hydrogens (tertiary/aromatic N) is 1. The van der Waals surface area contributed by atoms with Gasteiger partial charge < -0.3 is 19.7 Å². The van der Waals surface area contributed by atoms with E-state index in [0.717, 1.165) is 16.9 Å². The van der Waals surface area contributed by atoms with Crippen molar-refractivity contribution in [2.75, 3.05) is 13.3 Å². The summed E-state index contributed by atoms with van der Waals surface area (Å²) in [7, 11) is 0. The van der Waals surface area contributed by atoms with E-state index in [1.807, 2.05) is 62.4 Å². The third kappa shape index (κ3) is 5.75. The molecule has 2 amide bonds. The van der Waals surface area contributed by atoms with Crippen LogP contribution < -0.4 is 14.8 Å². The van der Waals surface area contributed by atoms with E-state index in [1.165, 1.54) is 0 Å². The Bertz CT molecular complexity index is 867. The van der Waals surface area contributed by atoms with Gasteiger partial charge in [0.15, 0.2) is 11.5 Å². The second-order valence-electron chi connectivity index (χ2n) is 7.85. The van der Waals surface area contributed by atoms with Gasteiger partial charge in [0.05, 0.1) is 0 Å². The van der Waals surface area contributed by atoms with Crippen molar-refractivity contribution < 1.29 is 19.1 Å². The Balaban J connectivity index is 1.65. The molecule has 1 aliphatic rings. The van der Waals surface area contributed by atoms with Crippen LogP contribution in [0, 0.1) is 0 Å². The molecule has 0 aromatic heterocycles. The molecule has 3 rings (SSSR count). The highest BCUT2D eigenvalue weighted by atomic mass is 16.7. The van der Waals surface area contributed by atoms with E-state index in [9.17, 15) is 9.59 Å². The summed E-state index contributed by atoms with van der Waals surface area (Å²) in [6, 6.07) is 15.2. The maximum absolute atomic E-state index is 13.1. The molecule has 0 saturated heterocycles. The topological polar surface area (TPSA) is 67.9 Å². The fourth-order valence-corrected chi connectivity index (χ4v) is 3.47. The molecule has 0 radical (unpaired) electrons. The van der Waals surface area contributed by atoms with Crippen molar-refractivity contribution in [3.05, 3.63) is 59.7 Å². The summed E-state index contributed by atoms with van der Waals surface area (Å²) in [4.78, 5) is 27.4. The van der Waals surface area contributed by atoms with Gasteiger partial charge in [-0.15, -0.1) is 0 Å². The van der Waals surface area contributed by atoms with Crippen LogP contribution in [-0.2, 0) is 22.4 Å². The van der Waals surface area contributed by atoms with Crippen molar-refractivity contribution in [3.63, 3.8) is 0 Å². The van der Waals surface area contributed by atoms with Gasteiger partial charge >= 0.3 is 0 Å². The van der Waals surface area contributed by atoms with Gasteiger partial charge in [-0.3, -0.25) is 9.59 Å². The first-order valence-electron chi connectivity index (χ1n) is 10.5. The summed E-state index contributed by atoms with van der Waals surface area (Å²) in [6.07, 6.45) is 1.61. The Hall–Kier alpha value is -3.02. The zero-order valence-corrected chi connectivity index (χ0v) is 17.9. The number of carbonyl (C=O) groups is 2. The Labute approximate surface area is 178 Å². The van der Waals surface area contributed by atoms with Crippen LogP contribution in [0.3, 0.4) is 0 Å². The predicted octanol–water partition coefficient (Wildman–Crippen LogP) is 3.33. The van der Waals surface area contributed by atoms with Crippen LogP contribution in [0.1, 0.15) is 38.3 Å². The lowest BCUT2D eigenvalue weighted by Gasteiger charge is -2.29. The van der Waals surface area contributed by atoms with E-state index in [-0.39, 0.29) is 24.6 Å². The number of benzene rings is 2. The van der Waals surface area contributed by atoms with Gasteiger partial charge in [-0.2, -0.15) is 0 Å². The highest BCUT2D eigenvalue weighted by Gasteiger charge is 2.26. The van der Waals surface area contributed by atoms with Gasteiger partial charge in [0.1, 0.15) is 6.04 Å². The lowest BCUT2D eigenvalue weighted by molar-refractivity contribution is -0.140. The zero-order chi connectivity index (χ0) is 21.5. The molecule has 0 fully saturated rings. The molecule has 0 saturated carbocycles. The highest BCUT2D eigenvalue weighted by Crippen LogP contribution is 2.32. The quantitative estimate of drug-likeness (QED) is 0.689. The number of nitrogens with one attached hydrogen (secondary N) is 1. The third-order valence-corrected chi connectivity index (χ3v) is 5.15. The first-order valence-corrected chi connectivity index (χ1v) is 10.5. The smallest absolute Gasteiger partial charge is 0.242 e. The summed E-state index contributed by atoms with van der Waals surface area (Å²) in [5, 5.41) is 2.91. The number of aryl methyl sites for hydroxylation is 1. The second kappa shape index (κ2) is 10.1. The number of hydrogen-bond acceptors (Lipinski definition) is 4. The van der Waals surface area contributed by atoms with Gasteiger partial charge in [0.2, 0.25) is 18.6 Å². The molecule has 1 unspecified atom stereocenters. The molecule has 160 valence electrons. The minimum Gasteiger partial charge on any atom is -0.454 e. The number of fused-ring (bicyclic) bond motifs is 1. The van der Waals surface area contributed by atoms with Gasteiger partial charge in [-0.05, 0) is 56.9 Å². The van der Waals surface area contributed by atoms with Crippen LogP contribution in [0.25, 0.3) is 0 Å². The van der Waals surface area contributed by atoms with Crippen LogP contribution >= 0.6 is 0 Å². The van der Waals surface area contributed by atoms with E-state index in [4.69, 9.17) is 9.47 Å². The number of hydrogen-bond donors (Lipinski definition) is 1. The van der Waals surface area contributed by atoms with Crippen LogP contribution in [0.15, 0.2) is 48.5 Å². The predicted molar refractivity (Wildman–Crippen MR) is 115 cm³/mol. The molecule has 1 heterocycles. The zero-order valence-electron chi connectivity index (χ0n) is 17.9. The standard InChI is InChI=1S/C24H30N2O4/c1-17(2)25-24(28)18(3)26(14-13-19-7-5-4-6-8-19)23(27)12-10-20-9-11-21-22(15-20)30-16-29-21/h4-9,11,15,17-18H,10,12-14,16H2,1-3H3,(H,25,28). The first kappa shape index (κ1) is 21.7. The molecular formula is C24H30N2O4. The highest BCUT2D eigenvalue weighted by molar-refractivity contribution is 5.87. The maximum Gasteiger partial charge on any atom is 0.242 e. The second-order valence-corrected chi connectivity index (χ2v) is 7.85. The van der Waals surface area contributed by atoms with Crippen LogP contribution in [0.5, 0.6) is 11.5 Å². The van der Waals surface area contributed by atoms with Gasteiger partial charge in [0.25, 0.3) is 0 Å². The van der Waals surface area contributed by atoms with Crippen molar-refractivity contribution in [3.8, 4) is 11.5 Å². The molecule has 2 aromatic rings. The van der Waals surface area contributed by atoms with E-state index in [2.05, 4.69) is 5.32 Å². The third-order valence-electron chi connectivity index (χ3n) is 5.15. The molecule has 1 N–H and O–H groups in total. The molecule has 0 aliphatic carbocycles. The largest absolute Gasteiger partial charge is 0.454 e. The summed E-state index contributed by atoms with van der Waals surface area (Å²) < 4.78 is 10.8. The Morgan fingerprint density at radius 3 is 2.43 bits per heavy atom. The molecular weight excluding hydrogens is 380 g/mol. The molecule has 30 heavy (non-hydrogen) atoms. The van der Waals surface area contributed by atoms with Gasteiger partial charge in [0, 0.05) is 19.0 Å². The summed E-state index contributed by atoms with van der Waals surface area (Å²) in [5.41, 5.74) is 2.15. The maximum atomic E-state index is 13.1. The summed E-state index contributed by atoms with van der Waals surface area (Å²) >= 11 is 0. The average molecular weight is 411 g/mol. The molecule has 1 atom stereocenters. The number of amides is 2. The van der Waals surface area contributed by atoms with Gasteiger partial charge in [-0.25, -0.2) is 0 Å². The van der Waals surface area contributed by atoms with Crippen molar-refractivity contribution >= 4 is 11.8 Å². The van der Waals surface area contributed by atoms with E-state index in [1.54, 1.807) is 11.8 Å². The SMILES string of the molecule is CC(C)NC(=O)C(C)N(CCc1ccccc1)C(=O)CCc1ccc2c(c1)OCO2. The van der Waals surface area contributed by atoms with Gasteiger partial charge in [-0.1, -0.05) is 36.4 Å². The summed E-state index contributed by atoms with van der Waals surface area (Å²) in [5.74, 6) is 1.28. The monoisotopic (exact) mass is 410 g/mol. The molecule has 0 bridgehead atoms. The number of ether oxygens (including phenoxy) is 2. The van der Waals surface area contributed by atoms with Crippen LogP contribution in [-0.4, -0.2) is 42.1 Å². The molecule has 1 aliphatic heterocycles. The number of carbonyl (C=O) groups excluding carboxylic acids is 2. The average Bonchev–Trinajstić information content (AvgIpc) is 3.20. The van der Waals surface area contributed by atoms with Crippen LogP contribution in [0.2, 0.25) is 0 Å². The van der Waals surface area contributed by atoms with Crippen molar-refractivity contribution in [2.24, 2.45) is 0 Å². The van der Waals surface area contributed by atoms with Crippen LogP contribution in [0.4, 0.5) is 0 Å².